The molecule has 0 aromatic heterocycles. The van der Waals surface area contributed by atoms with Gasteiger partial charge in [-0.2, -0.15) is 11.8 Å². The Morgan fingerprint density at radius 1 is 1.29 bits per heavy atom. The molecule has 1 saturated heterocycles. The summed E-state index contributed by atoms with van der Waals surface area (Å²) in [6.07, 6.45) is 6.02. The van der Waals surface area contributed by atoms with Crippen LogP contribution in [0.4, 0.5) is 0 Å². The molecule has 2 rings (SSSR count). The van der Waals surface area contributed by atoms with E-state index in [1.54, 1.807) is 0 Å². The van der Waals surface area contributed by atoms with Crippen LogP contribution in [0.1, 0.15) is 44.7 Å². The third kappa shape index (κ3) is 4.48. The fraction of sp³-hybridized carbons (Fsp3) is 0.667. The van der Waals surface area contributed by atoms with Gasteiger partial charge in [-0.1, -0.05) is 50.6 Å². The Bertz CT molecular complexity index is 395. The molecule has 1 N–H and O–H groups in total. The molecule has 0 amide bonds. The second-order valence-electron chi connectivity index (χ2n) is 6.03. The maximum Gasteiger partial charge on any atom is 0.0476 e. The second kappa shape index (κ2) is 8.82. The van der Waals surface area contributed by atoms with Crippen molar-refractivity contribution < 1.29 is 0 Å². The van der Waals surface area contributed by atoms with E-state index in [2.05, 4.69) is 60.7 Å². The quantitative estimate of drug-likeness (QED) is 0.821. The minimum atomic E-state index is 0.524. The topological polar surface area (TPSA) is 15.3 Å². The van der Waals surface area contributed by atoms with E-state index in [9.17, 15) is 0 Å². The van der Waals surface area contributed by atoms with Crippen LogP contribution in [0.5, 0.6) is 0 Å². The van der Waals surface area contributed by atoms with Crippen molar-refractivity contribution in [3.8, 4) is 0 Å². The van der Waals surface area contributed by atoms with Gasteiger partial charge in [-0.3, -0.25) is 4.90 Å². The van der Waals surface area contributed by atoms with E-state index in [-0.39, 0.29) is 0 Å². The van der Waals surface area contributed by atoms with Gasteiger partial charge in [-0.05, 0) is 24.7 Å². The van der Waals surface area contributed by atoms with Crippen LogP contribution in [0.2, 0.25) is 0 Å². The highest BCUT2D eigenvalue weighted by molar-refractivity contribution is 7.98. The van der Waals surface area contributed by atoms with Gasteiger partial charge >= 0.3 is 0 Å². The van der Waals surface area contributed by atoms with Gasteiger partial charge in [0.2, 0.25) is 0 Å². The predicted molar refractivity (Wildman–Crippen MR) is 95.0 cm³/mol. The number of nitrogens with zero attached hydrogens (tertiary/aromatic N) is 1. The van der Waals surface area contributed by atoms with E-state index >= 15 is 0 Å². The Kier molecular flexibility index (Phi) is 7.08. The Hall–Kier alpha value is -0.510. The Labute approximate surface area is 134 Å². The Morgan fingerprint density at radius 2 is 2.05 bits per heavy atom. The standard InChI is InChI=1S/C18H30N2S/c1-4-9-16-13-20(17(5-2)14-21-3)18(12-19-16)15-10-7-6-8-11-15/h6-8,10-11,16-19H,4-5,9,12-14H2,1-3H3. The first kappa shape index (κ1) is 16.9. The molecule has 118 valence electrons. The molecule has 0 radical (unpaired) electrons. The van der Waals surface area contributed by atoms with Crippen molar-refractivity contribution in [3.05, 3.63) is 35.9 Å². The molecule has 3 atom stereocenters. The number of nitrogens with one attached hydrogen (secondary N) is 1. The fourth-order valence-corrected chi connectivity index (χ4v) is 4.22. The molecule has 1 fully saturated rings. The molecule has 0 bridgehead atoms. The SMILES string of the molecule is CCCC1CN(C(CC)CSC)C(c2ccccc2)CN1. The monoisotopic (exact) mass is 306 g/mol. The van der Waals surface area contributed by atoms with Crippen molar-refractivity contribution in [2.24, 2.45) is 0 Å². The molecule has 1 aromatic carbocycles. The van der Waals surface area contributed by atoms with E-state index in [0.29, 0.717) is 18.1 Å². The van der Waals surface area contributed by atoms with E-state index in [1.165, 1.54) is 37.1 Å². The molecule has 3 heteroatoms. The van der Waals surface area contributed by atoms with Crippen LogP contribution in [-0.4, -0.2) is 42.1 Å². The second-order valence-corrected chi connectivity index (χ2v) is 6.95. The molecule has 0 aliphatic carbocycles. The molecule has 2 nitrogen and oxygen atoms in total. The summed E-state index contributed by atoms with van der Waals surface area (Å²) < 4.78 is 0. The van der Waals surface area contributed by atoms with Gasteiger partial charge in [0, 0.05) is 37.0 Å². The normalized spacial score (nSPS) is 24.9. The minimum absolute atomic E-state index is 0.524. The van der Waals surface area contributed by atoms with Crippen molar-refractivity contribution in [1.82, 2.24) is 10.2 Å². The van der Waals surface area contributed by atoms with Crippen LogP contribution in [0, 0.1) is 0 Å². The average molecular weight is 307 g/mol. The van der Waals surface area contributed by atoms with E-state index in [1.807, 2.05) is 11.8 Å². The number of piperazine rings is 1. The summed E-state index contributed by atoms with van der Waals surface area (Å²) in [5.74, 6) is 1.23. The number of thioether (sulfide) groups is 1. The molecule has 0 spiro atoms. The highest BCUT2D eigenvalue weighted by Crippen LogP contribution is 2.28. The number of hydrogen-bond donors (Lipinski definition) is 1. The highest BCUT2D eigenvalue weighted by Gasteiger charge is 2.32. The average Bonchev–Trinajstić information content (AvgIpc) is 2.54. The molecule has 1 aliphatic rings. The summed E-state index contributed by atoms with van der Waals surface area (Å²) in [6, 6.07) is 12.9. The predicted octanol–water partition coefficient (Wildman–Crippen LogP) is 3.94. The lowest BCUT2D eigenvalue weighted by Crippen LogP contribution is -2.55. The van der Waals surface area contributed by atoms with Crippen LogP contribution in [0.15, 0.2) is 30.3 Å². The molecule has 1 aromatic rings. The third-order valence-electron chi connectivity index (χ3n) is 4.55. The zero-order valence-electron chi connectivity index (χ0n) is 13.7. The molecular weight excluding hydrogens is 276 g/mol. The summed E-state index contributed by atoms with van der Waals surface area (Å²) in [5.41, 5.74) is 1.46. The zero-order chi connectivity index (χ0) is 15.1. The zero-order valence-corrected chi connectivity index (χ0v) is 14.5. The van der Waals surface area contributed by atoms with Gasteiger partial charge in [0.15, 0.2) is 0 Å². The first-order chi connectivity index (χ1) is 10.3. The third-order valence-corrected chi connectivity index (χ3v) is 5.27. The summed E-state index contributed by atoms with van der Waals surface area (Å²) in [4.78, 5) is 2.77. The number of benzene rings is 1. The summed E-state index contributed by atoms with van der Waals surface area (Å²) in [5, 5.41) is 3.77. The lowest BCUT2D eigenvalue weighted by atomic mass is 9.97. The first-order valence-corrected chi connectivity index (χ1v) is 9.72. The first-order valence-electron chi connectivity index (χ1n) is 8.33. The van der Waals surface area contributed by atoms with E-state index < -0.39 is 0 Å². The maximum absolute atomic E-state index is 3.77. The lowest BCUT2D eigenvalue weighted by Gasteiger charge is -2.45. The Balaban J connectivity index is 2.17. The van der Waals surface area contributed by atoms with E-state index in [4.69, 9.17) is 0 Å². The van der Waals surface area contributed by atoms with Crippen molar-refractivity contribution >= 4 is 11.8 Å². The molecule has 3 unspecified atom stereocenters. The smallest absolute Gasteiger partial charge is 0.0476 e. The van der Waals surface area contributed by atoms with Crippen LogP contribution in [0.3, 0.4) is 0 Å². The van der Waals surface area contributed by atoms with Crippen molar-refractivity contribution in [1.29, 1.82) is 0 Å². The van der Waals surface area contributed by atoms with Crippen molar-refractivity contribution in [2.75, 3.05) is 25.1 Å². The number of rotatable bonds is 7. The van der Waals surface area contributed by atoms with Crippen LogP contribution in [0.25, 0.3) is 0 Å². The molecule has 0 saturated carbocycles. The van der Waals surface area contributed by atoms with Gasteiger partial charge in [0.05, 0.1) is 0 Å². The largest absolute Gasteiger partial charge is 0.311 e. The van der Waals surface area contributed by atoms with Gasteiger partial charge < -0.3 is 5.32 Å². The summed E-state index contributed by atoms with van der Waals surface area (Å²) in [6.45, 7) is 6.89. The van der Waals surface area contributed by atoms with Crippen LogP contribution >= 0.6 is 11.8 Å². The van der Waals surface area contributed by atoms with Gasteiger partial charge in [0.25, 0.3) is 0 Å². The molecule has 21 heavy (non-hydrogen) atoms. The van der Waals surface area contributed by atoms with Crippen LogP contribution in [-0.2, 0) is 0 Å². The summed E-state index contributed by atoms with van der Waals surface area (Å²) in [7, 11) is 0. The van der Waals surface area contributed by atoms with Crippen molar-refractivity contribution in [3.63, 3.8) is 0 Å². The fourth-order valence-electron chi connectivity index (χ4n) is 3.41. The summed E-state index contributed by atoms with van der Waals surface area (Å²) >= 11 is 1.98. The van der Waals surface area contributed by atoms with E-state index in [0.717, 1.165) is 6.54 Å². The van der Waals surface area contributed by atoms with Crippen molar-refractivity contribution in [2.45, 2.75) is 51.2 Å². The molecule has 1 heterocycles. The molecule has 1 aliphatic heterocycles. The maximum atomic E-state index is 3.77. The van der Waals surface area contributed by atoms with Gasteiger partial charge in [0.1, 0.15) is 0 Å². The minimum Gasteiger partial charge on any atom is -0.311 e. The highest BCUT2D eigenvalue weighted by atomic mass is 32.2. The number of hydrogen-bond acceptors (Lipinski definition) is 3. The van der Waals surface area contributed by atoms with Gasteiger partial charge in [-0.15, -0.1) is 0 Å². The lowest BCUT2D eigenvalue weighted by molar-refractivity contribution is 0.0861. The van der Waals surface area contributed by atoms with Crippen LogP contribution < -0.4 is 5.32 Å². The molecular formula is C18H30N2S. The Morgan fingerprint density at radius 3 is 2.67 bits per heavy atom. The van der Waals surface area contributed by atoms with Gasteiger partial charge in [-0.25, -0.2) is 0 Å².